The van der Waals surface area contributed by atoms with Gasteiger partial charge in [0.05, 0.1) is 6.61 Å². The summed E-state index contributed by atoms with van der Waals surface area (Å²) in [6, 6.07) is 1.68. The van der Waals surface area contributed by atoms with Crippen LogP contribution in [0.3, 0.4) is 0 Å². The van der Waals surface area contributed by atoms with Gasteiger partial charge in [0, 0.05) is 12.6 Å². The fourth-order valence-corrected chi connectivity index (χ4v) is 1.39. The molecular weight excluding hydrogens is 212 g/mol. The van der Waals surface area contributed by atoms with Crippen molar-refractivity contribution >= 4 is 22.4 Å². The maximum Gasteiger partial charge on any atom is 0.261 e. The lowest BCUT2D eigenvalue weighted by Crippen LogP contribution is -2.12. The van der Waals surface area contributed by atoms with Gasteiger partial charge >= 0.3 is 0 Å². The molecule has 14 heavy (non-hydrogen) atoms. The second-order valence-electron chi connectivity index (χ2n) is 2.51. The number of nitrogens with one attached hydrogen (secondary N) is 1. The van der Waals surface area contributed by atoms with E-state index in [0.29, 0.717) is 12.4 Å². The number of nitrogen functional groups attached to an aromatic ring is 1. The van der Waals surface area contributed by atoms with Crippen LogP contribution in [0, 0.1) is 0 Å². The zero-order valence-electron chi connectivity index (χ0n) is 7.37. The van der Waals surface area contributed by atoms with Crippen LogP contribution >= 0.6 is 11.5 Å². The molecule has 3 N–H and O–H groups in total. The molecule has 80 valence electrons. The molecular formula is C7H11F2N3OS. The van der Waals surface area contributed by atoms with Crippen LogP contribution < -0.4 is 11.1 Å². The monoisotopic (exact) mass is 223 g/mol. The van der Waals surface area contributed by atoms with Gasteiger partial charge in [-0.15, -0.1) is 0 Å². The predicted molar refractivity (Wildman–Crippen MR) is 51.8 cm³/mol. The van der Waals surface area contributed by atoms with Crippen molar-refractivity contribution in [2.45, 2.75) is 6.43 Å². The Bertz CT molecular complexity index is 269. The highest BCUT2D eigenvalue weighted by Gasteiger charge is 2.01. The number of ether oxygens (including phenoxy) is 1. The normalized spacial score (nSPS) is 10.8. The topological polar surface area (TPSA) is 60.2 Å². The van der Waals surface area contributed by atoms with Crippen molar-refractivity contribution in [1.29, 1.82) is 0 Å². The molecule has 4 nitrogen and oxygen atoms in total. The quantitative estimate of drug-likeness (QED) is 0.716. The molecule has 7 heteroatoms. The number of nitrogens with two attached hydrogens (primary N) is 1. The van der Waals surface area contributed by atoms with E-state index in [1.165, 1.54) is 11.5 Å². The Hall–Kier alpha value is -0.950. The van der Waals surface area contributed by atoms with Crippen LogP contribution in [0.2, 0.25) is 0 Å². The van der Waals surface area contributed by atoms with Gasteiger partial charge in [-0.2, -0.15) is 4.37 Å². The van der Waals surface area contributed by atoms with Crippen molar-refractivity contribution in [2.24, 2.45) is 0 Å². The van der Waals surface area contributed by atoms with E-state index in [4.69, 9.17) is 5.73 Å². The molecule has 0 radical (unpaired) electrons. The summed E-state index contributed by atoms with van der Waals surface area (Å²) in [6.45, 7) is 0.184. The van der Waals surface area contributed by atoms with Crippen molar-refractivity contribution in [3.8, 4) is 0 Å². The highest BCUT2D eigenvalue weighted by Crippen LogP contribution is 2.16. The van der Waals surface area contributed by atoms with Crippen LogP contribution in [-0.4, -0.2) is 30.6 Å². The lowest BCUT2D eigenvalue weighted by molar-refractivity contribution is 0.0215. The van der Waals surface area contributed by atoms with Crippen LogP contribution in [0.4, 0.5) is 19.6 Å². The number of halogens is 2. The van der Waals surface area contributed by atoms with Crippen LogP contribution in [0.25, 0.3) is 0 Å². The lowest BCUT2D eigenvalue weighted by atomic mass is 10.6. The second-order valence-corrected chi connectivity index (χ2v) is 3.31. The number of rotatable bonds is 6. The van der Waals surface area contributed by atoms with Gasteiger partial charge in [-0.3, -0.25) is 0 Å². The van der Waals surface area contributed by atoms with Gasteiger partial charge in [0.1, 0.15) is 17.4 Å². The molecule has 1 aromatic heterocycles. The SMILES string of the molecule is Nc1cc(NCCOCC(F)F)sn1. The Morgan fingerprint density at radius 2 is 2.43 bits per heavy atom. The standard InChI is InChI=1S/C7H11F2N3OS/c8-5(9)4-13-2-1-11-7-3-6(10)12-14-7/h3,5,11H,1-2,4H2,(H2,10,12). The van der Waals surface area contributed by atoms with E-state index < -0.39 is 13.0 Å². The van der Waals surface area contributed by atoms with E-state index in [9.17, 15) is 8.78 Å². The third-order valence-corrected chi connectivity index (χ3v) is 2.08. The Morgan fingerprint density at radius 3 is 3.00 bits per heavy atom. The Balaban J connectivity index is 2.04. The molecule has 1 aromatic rings. The molecule has 0 spiro atoms. The molecule has 0 atom stereocenters. The first kappa shape index (κ1) is 11.1. The first-order chi connectivity index (χ1) is 6.68. The molecule has 0 aliphatic heterocycles. The molecule has 0 aliphatic carbocycles. The Morgan fingerprint density at radius 1 is 1.64 bits per heavy atom. The average molecular weight is 223 g/mol. The number of hydrogen-bond acceptors (Lipinski definition) is 5. The number of anilines is 2. The van der Waals surface area contributed by atoms with Crippen LogP contribution in [0.5, 0.6) is 0 Å². The second kappa shape index (κ2) is 5.71. The largest absolute Gasteiger partial charge is 0.383 e. The van der Waals surface area contributed by atoms with E-state index in [1.807, 2.05) is 0 Å². The summed E-state index contributed by atoms with van der Waals surface area (Å²) in [4.78, 5) is 0. The third kappa shape index (κ3) is 4.33. The average Bonchev–Trinajstić information content (AvgIpc) is 2.50. The van der Waals surface area contributed by atoms with Gasteiger partial charge in [0.15, 0.2) is 0 Å². The Labute approximate surface area is 84.2 Å². The van der Waals surface area contributed by atoms with Gasteiger partial charge in [0.25, 0.3) is 6.43 Å². The van der Waals surface area contributed by atoms with Crippen LogP contribution in [0.15, 0.2) is 6.07 Å². The van der Waals surface area contributed by atoms with E-state index in [-0.39, 0.29) is 6.61 Å². The molecule has 0 unspecified atom stereocenters. The number of nitrogens with zero attached hydrogens (tertiary/aromatic N) is 1. The van der Waals surface area contributed by atoms with E-state index in [0.717, 1.165) is 5.00 Å². The Kier molecular flexibility index (Phi) is 4.54. The molecule has 1 rings (SSSR count). The summed E-state index contributed by atoms with van der Waals surface area (Å²) in [5.41, 5.74) is 5.38. The maximum absolute atomic E-state index is 11.6. The van der Waals surface area contributed by atoms with Crippen LogP contribution in [0.1, 0.15) is 0 Å². The van der Waals surface area contributed by atoms with E-state index >= 15 is 0 Å². The predicted octanol–water partition coefficient (Wildman–Crippen LogP) is 1.42. The van der Waals surface area contributed by atoms with Crippen molar-refractivity contribution < 1.29 is 13.5 Å². The molecule has 0 saturated carbocycles. The van der Waals surface area contributed by atoms with Crippen molar-refractivity contribution in [2.75, 3.05) is 30.8 Å². The van der Waals surface area contributed by atoms with Crippen molar-refractivity contribution in [3.05, 3.63) is 6.07 Å². The van der Waals surface area contributed by atoms with Crippen LogP contribution in [-0.2, 0) is 4.74 Å². The molecule has 0 amide bonds. The highest BCUT2D eigenvalue weighted by molar-refractivity contribution is 7.10. The van der Waals surface area contributed by atoms with Gasteiger partial charge in [0.2, 0.25) is 0 Å². The molecule has 0 bridgehead atoms. The van der Waals surface area contributed by atoms with E-state index in [2.05, 4.69) is 14.4 Å². The molecule has 0 saturated heterocycles. The minimum atomic E-state index is -2.41. The van der Waals surface area contributed by atoms with E-state index in [1.54, 1.807) is 6.07 Å². The molecule has 0 aliphatic rings. The summed E-state index contributed by atoms with van der Waals surface area (Å²) < 4.78 is 31.7. The first-order valence-electron chi connectivity index (χ1n) is 4.00. The molecule has 0 aromatic carbocycles. The molecule has 0 fully saturated rings. The number of hydrogen-bond donors (Lipinski definition) is 2. The lowest BCUT2D eigenvalue weighted by Gasteiger charge is -2.03. The highest BCUT2D eigenvalue weighted by atomic mass is 32.1. The smallest absolute Gasteiger partial charge is 0.261 e. The summed E-state index contributed by atoms with van der Waals surface area (Å²) in [5, 5.41) is 3.75. The third-order valence-electron chi connectivity index (χ3n) is 1.32. The minimum absolute atomic E-state index is 0.238. The summed E-state index contributed by atoms with van der Waals surface area (Å²) in [5.74, 6) is 0.450. The van der Waals surface area contributed by atoms with Crippen molar-refractivity contribution in [3.63, 3.8) is 0 Å². The van der Waals surface area contributed by atoms with Gasteiger partial charge < -0.3 is 15.8 Å². The number of alkyl halides is 2. The fraction of sp³-hybridized carbons (Fsp3) is 0.571. The van der Waals surface area contributed by atoms with Gasteiger partial charge in [-0.25, -0.2) is 8.78 Å². The number of aromatic nitrogens is 1. The summed E-state index contributed by atoms with van der Waals surface area (Å²) >= 11 is 1.22. The van der Waals surface area contributed by atoms with Gasteiger partial charge in [-0.05, 0) is 11.5 Å². The maximum atomic E-state index is 11.6. The molecule has 1 heterocycles. The van der Waals surface area contributed by atoms with Crippen molar-refractivity contribution in [1.82, 2.24) is 4.37 Å². The zero-order chi connectivity index (χ0) is 10.4. The zero-order valence-corrected chi connectivity index (χ0v) is 8.19. The van der Waals surface area contributed by atoms with Gasteiger partial charge in [-0.1, -0.05) is 0 Å². The first-order valence-corrected chi connectivity index (χ1v) is 4.78. The summed E-state index contributed by atoms with van der Waals surface area (Å²) in [7, 11) is 0. The minimum Gasteiger partial charge on any atom is -0.383 e. The summed E-state index contributed by atoms with van der Waals surface area (Å²) in [6.07, 6.45) is -2.41. The fourth-order valence-electron chi connectivity index (χ4n) is 0.791.